The number of benzene rings is 3. The number of aliphatic hydroxyl groups is 1. The summed E-state index contributed by atoms with van der Waals surface area (Å²) in [5, 5.41) is 22.2. The molecule has 6 N–H and O–H groups in total. The maximum Gasteiger partial charge on any atom is 0.379 e. The van der Waals surface area contributed by atoms with Gasteiger partial charge in [0, 0.05) is 169 Å². The summed E-state index contributed by atoms with van der Waals surface area (Å²) in [5.74, 6) is -1.11. The number of carbonyl (C=O) groups excluding carboxylic acids is 7. The number of methoxy groups -OCH3 is 1. The van der Waals surface area contributed by atoms with Gasteiger partial charge in [0.25, 0.3) is 5.78 Å². The van der Waals surface area contributed by atoms with E-state index in [1.54, 1.807) is 34.0 Å². The summed E-state index contributed by atoms with van der Waals surface area (Å²) in [6, 6.07) is 30.3. The van der Waals surface area contributed by atoms with Gasteiger partial charge in [-0.15, -0.1) is 34.0 Å². The number of rotatable bonds is 15. The van der Waals surface area contributed by atoms with Crippen LogP contribution in [0.5, 0.6) is 0 Å². The maximum atomic E-state index is 13.5. The molecule has 3 unspecified atom stereocenters. The Labute approximate surface area is 635 Å². The monoisotopic (exact) mass is 1530 g/mol. The van der Waals surface area contributed by atoms with Crippen LogP contribution in [0.3, 0.4) is 0 Å². The van der Waals surface area contributed by atoms with E-state index in [1.165, 1.54) is 12.8 Å². The highest BCUT2D eigenvalue weighted by Gasteiger charge is 2.43. The van der Waals surface area contributed by atoms with E-state index in [0.717, 1.165) is 161 Å². The van der Waals surface area contributed by atoms with Gasteiger partial charge in [-0.05, 0) is 151 Å². The molecule has 3 atom stereocenters. The standard InChI is InChI=1S/C30H34N2O3SSi.C24H20N2O3S.C22H31NO4Si.C8H8N2OS/c1-30(2,3)37(4,5)35-17-18-10-12-32-22-9-7-6-8-20(22)26(23(32)14-18)28-25(34)15-24(33)27(28)21-16-31-29-19(21)11-13-36-29;27-12-13-5-7-26-17-4-2-1-3-15(17)21(18(26)9-13)23-20(29)10-19(28)22(23)16-11-25-24-14(16)6-8-30-24;1-22(2,3)28(5,6)27-14-15-11-12-23-17-10-8-7-9-16(17)19(18(23)13-15)20(24)21(25)26-4;9-7(11)3-5-4-10-8-6(5)1-2-12-8/h6-9,11,13,16,18,31H,10,12,14-15,17H2,1-5H3;1-4,6,8,11,13,25,27H,5,7,9-10,12H2;7-10,15H,11-14H2,1-6H3;1-2,4,10H,3H2,(H2,9,11). The highest BCUT2D eigenvalue weighted by atomic mass is 32.1. The van der Waals surface area contributed by atoms with Gasteiger partial charge in [-0.3, -0.25) is 28.8 Å². The lowest BCUT2D eigenvalue weighted by molar-refractivity contribution is -0.135. The number of aryl methyl sites for hydroxylation is 3. The second kappa shape index (κ2) is 29.6. The summed E-state index contributed by atoms with van der Waals surface area (Å²) in [7, 11) is -2.42. The summed E-state index contributed by atoms with van der Waals surface area (Å²) in [6.45, 7) is 26.8. The van der Waals surface area contributed by atoms with Crippen LogP contribution in [0.4, 0.5) is 0 Å². The average molecular weight is 1530 g/mol. The van der Waals surface area contributed by atoms with Gasteiger partial charge < -0.3 is 53.1 Å². The van der Waals surface area contributed by atoms with E-state index in [1.807, 2.05) is 101 Å². The van der Waals surface area contributed by atoms with Crippen molar-refractivity contribution in [2.24, 2.45) is 23.5 Å². The summed E-state index contributed by atoms with van der Waals surface area (Å²) in [4.78, 5) is 101. The normalized spacial score (nSPS) is 17.8. The minimum Gasteiger partial charge on any atom is -0.463 e. The molecule has 12 heterocycles. The van der Waals surface area contributed by atoms with Gasteiger partial charge in [0.15, 0.2) is 39.8 Å². The Balaban J connectivity index is 0.000000126. The number of Topliss-reactive ketones (excluding diaryl/α,β-unsaturated/α-hetero) is 5. The lowest BCUT2D eigenvalue weighted by Crippen LogP contribution is -2.42. The first-order valence-corrected chi connectivity index (χ1v) is 45.4. The van der Waals surface area contributed by atoms with E-state index in [2.05, 4.69) is 121 Å². The predicted octanol–water partition coefficient (Wildman–Crippen LogP) is 17.3. The van der Waals surface area contributed by atoms with Crippen molar-refractivity contribution in [2.45, 2.75) is 155 Å². The smallest absolute Gasteiger partial charge is 0.379 e. The van der Waals surface area contributed by atoms with Crippen molar-refractivity contribution in [1.29, 1.82) is 0 Å². The van der Waals surface area contributed by atoms with Crippen molar-refractivity contribution in [3.8, 4) is 0 Å². The van der Waals surface area contributed by atoms with E-state index < -0.39 is 28.4 Å². The number of H-pyrrole nitrogens is 3. The number of ether oxygens (including phenoxy) is 1. The minimum atomic E-state index is -1.86. The highest BCUT2D eigenvalue weighted by molar-refractivity contribution is 7.17. The van der Waals surface area contributed by atoms with Gasteiger partial charge in [0.2, 0.25) is 5.91 Å². The van der Waals surface area contributed by atoms with Gasteiger partial charge in [-0.2, -0.15) is 0 Å². The molecular formula is C84H93N7O11S3Si2. The van der Waals surface area contributed by atoms with Crippen molar-refractivity contribution in [3.63, 3.8) is 0 Å². The fourth-order valence-electron chi connectivity index (χ4n) is 15.7. The topological polar surface area (TPSA) is 256 Å². The van der Waals surface area contributed by atoms with Crippen molar-refractivity contribution < 1.29 is 52.3 Å². The first-order valence-electron chi connectivity index (χ1n) is 36.9. The Morgan fingerprint density at radius 2 is 0.897 bits per heavy atom. The van der Waals surface area contributed by atoms with Crippen molar-refractivity contribution in [1.82, 2.24) is 28.7 Å². The fraction of sp³-hybridized carbons (Fsp3) is 0.369. The van der Waals surface area contributed by atoms with Crippen LogP contribution in [0.25, 0.3) is 85.7 Å². The van der Waals surface area contributed by atoms with Crippen LogP contribution in [0.1, 0.15) is 129 Å². The third-order valence-corrected chi connectivity index (χ3v) is 35.0. The summed E-state index contributed by atoms with van der Waals surface area (Å²) < 4.78 is 24.6. The molecule has 107 heavy (non-hydrogen) atoms. The molecule has 0 spiro atoms. The molecule has 1 amide bonds. The molecule has 0 radical (unpaired) electrons. The molecule has 3 aromatic carbocycles. The summed E-state index contributed by atoms with van der Waals surface area (Å²) in [5.41, 5.74) is 18.8. The second-order valence-electron chi connectivity index (χ2n) is 32.1. The number of hydrogen-bond acceptors (Lipinski definition) is 14. The van der Waals surface area contributed by atoms with Crippen LogP contribution in [0, 0.1) is 17.8 Å². The van der Waals surface area contributed by atoms with Crippen LogP contribution < -0.4 is 5.73 Å². The quantitative estimate of drug-likeness (QED) is 0.0212. The van der Waals surface area contributed by atoms with Crippen LogP contribution in [-0.4, -0.2) is 118 Å². The number of ketones is 5. The zero-order valence-corrected chi connectivity index (χ0v) is 67.1. The number of aromatic nitrogens is 6. The lowest BCUT2D eigenvalue weighted by atomic mass is 9.89. The van der Waals surface area contributed by atoms with Gasteiger partial charge in [0.1, 0.15) is 9.66 Å². The van der Waals surface area contributed by atoms with E-state index in [9.17, 15) is 38.7 Å². The van der Waals surface area contributed by atoms with Crippen LogP contribution in [-0.2, 0) is 87.7 Å². The number of amides is 1. The highest BCUT2D eigenvalue weighted by Crippen LogP contribution is 2.49. The number of para-hydroxylation sites is 3. The van der Waals surface area contributed by atoms with E-state index in [4.69, 9.17) is 19.3 Å². The molecule has 17 rings (SSSR count). The molecular weight excluding hydrogens is 1440 g/mol. The Morgan fingerprint density at radius 1 is 0.514 bits per heavy atom. The maximum absolute atomic E-state index is 13.5. The number of primary amides is 1. The molecule has 0 fully saturated rings. The molecule has 0 saturated heterocycles. The Hall–Kier alpha value is -8.92. The number of carbonyl (C=O) groups is 7. The SMILES string of the molecule is CC(C)(C)[Si](C)(C)OCC1CCn2c(c(C3=C(c4c[nH]c5sccc45)C(=O)CC3=O)c3ccccc32)C1.COC(=O)C(=O)c1c2n(c3ccccc13)CCC(CO[Si](C)(C)C(C)(C)C)C2.NC(=O)Cc1c[nH]c2sccc12.O=C1CC(=O)C(c2c3n(c4ccccc24)CCC(CO)C3)=C1c1c[nH]c2sccc12. The molecule has 2 aliphatic carbocycles. The molecule has 18 nitrogen and oxygen atoms in total. The van der Waals surface area contributed by atoms with Crippen LogP contribution in [0.15, 0.2) is 126 Å². The van der Waals surface area contributed by atoms with Gasteiger partial charge in [-0.25, -0.2) is 4.79 Å². The van der Waals surface area contributed by atoms with E-state index >= 15 is 0 Å². The molecule has 12 aromatic rings. The number of aliphatic hydroxyl groups excluding tert-OH is 1. The first kappa shape index (κ1) is 74.9. The number of thiophene rings is 3. The number of hydrogen-bond donors (Lipinski definition) is 5. The Kier molecular flexibility index (Phi) is 20.7. The molecule has 556 valence electrons. The zero-order chi connectivity index (χ0) is 75.8. The second-order valence-corrected chi connectivity index (χ2v) is 44.5. The molecule has 0 bridgehead atoms. The van der Waals surface area contributed by atoms with E-state index in [-0.39, 0.29) is 64.5 Å². The third-order valence-electron chi connectivity index (χ3n) is 23.4. The number of nitrogens with one attached hydrogen (secondary N) is 3. The summed E-state index contributed by atoms with van der Waals surface area (Å²) >= 11 is 4.83. The van der Waals surface area contributed by atoms with Gasteiger partial charge in [-0.1, -0.05) is 96.1 Å². The molecule has 0 saturated carbocycles. The summed E-state index contributed by atoms with van der Waals surface area (Å²) in [6.07, 6.45) is 11.0. The lowest BCUT2D eigenvalue weighted by Gasteiger charge is -2.38. The number of allylic oxidation sites excluding steroid dienone is 4. The number of nitrogens with two attached hydrogens (primary N) is 1. The Bertz CT molecular complexity index is 5600. The fourth-order valence-corrected chi connectivity index (χ4v) is 20.2. The van der Waals surface area contributed by atoms with Crippen molar-refractivity contribution in [2.75, 3.05) is 26.9 Å². The predicted molar refractivity (Wildman–Crippen MR) is 435 cm³/mol. The largest absolute Gasteiger partial charge is 0.463 e. The van der Waals surface area contributed by atoms with Crippen LogP contribution >= 0.6 is 34.0 Å². The van der Waals surface area contributed by atoms with Gasteiger partial charge >= 0.3 is 5.97 Å². The molecule has 23 heteroatoms. The molecule has 9 aromatic heterocycles. The number of aromatic amines is 3. The van der Waals surface area contributed by atoms with Crippen molar-refractivity contribution >= 4 is 177 Å². The Morgan fingerprint density at radius 3 is 1.35 bits per heavy atom. The molecule has 5 aliphatic rings. The zero-order valence-electron chi connectivity index (χ0n) is 62.6. The minimum absolute atomic E-state index is 0.0572. The average Bonchev–Trinajstić information content (AvgIpc) is 1.60. The van der Waals surface area contributed by atoms with Crippen LogP contribution in [0.2, 0.25) is 36.3 Å². The number of fused-ring (bicyclic) bond motifs is 12. The van der Waals surface area contributed by atoms with E-state index in [0.29, 0.717) is 59.1 Å². The molecule has 3 aliphatic heterocycles. The van der Waals surface area contributed by atoms with Crippen molar-refractivity contribution in [3.05, 3.63) is 176 Å². The third kappa shape index (κ3) is 14.0. The first-order chi connectivity index (χ1) is 51.1. The number of nitrogens with zero attached hydrogens (tertiary/aromatic N) is 3. The van der Waals surface area contributed by atoms with Gasteiger partial charge in [0.05, 0.1) is 36.8 Å². The number of esters is 1.